The van der Waals surface area contributed by atoms with Crippen LogP contribution in [0, 0.1) is 5.92 Å². The van der Waals surface area contributed by atoms with Crippen molar-refractivity contribution in [3.63, 3.8) is 0 Å². The standard InChI is InChI=1S/C29H41N5O2S/c1-4-23(5-2)34-26-12-11-22(17-25(26)32-27(34)18-24-10-7-16-37-24)29(36)31-19-28(35)30-13-8-15-33-14-6-9-21(3)20-33/h7,10-12,16-17,21,23H,4-6,8-9,13-15,18-20H2,1-3H3,(H,30,35)(H,31,36). The lowest BCUT2D eigenvalue weighted by Gasteiger charge is -2.30. The molecule has 8 heteroatoms. The fourth-order valence-electron chi connectivity index (χ4n) is 5.39. The zero-order valence-corrected chi connectivity index (χ0v) is 23.3. The minimum atomic E-state index is -0.253. The van der Waals surface area contributed by atoms with E-state index in [1.807, 2.05) is 18.2 Å². The second kappa shape index (κ2) is 13.2. The molecule has 0 spiro atoms. The van der Waals surface area contributed by atoms with E-state index in [-0.39, 0.29) is 18.4 Å². The minimum Gasteiger partial charge on any atom is -0.355 e. The van der Waals surface area contributed by atoms with E-state index in [9.17, 15) is 9.59 Å². The molecule has 1 aliphatic heterocycles. The van der Waals surface area contributed by atoms with E-state index < -0.39 is 0 Å². The van der Waals surface area contributed by atoms with Crippen LogP contribution in [0.2, 0.25) is 0 Å². The first-order valence-corrected chi connectivity index (χ1v) is 14.7. The van der Waals surface area contributed by atoms with Gasteiger partial charge in [0.2, 0.25) is 5.91 Å². The number of nitrogens with one attached hydrogen (secondary N) is 2. The monoisotopic (exact) mass is 523 g/mol. The summed E-state index contributed by atoms with van der Waals surface area (Å²) in [6.45, 7) is 10.6. The first-order chi connectivity index (χ1) is 18.0. The Labute approximate surface area is 224 Å². The van der Waals surface area contributed by atoms with E-state index in [0.717, 1.165) is 68.1 Å². The predicted octanol–water partition coefficient (Wildman–Crippen LogP) is 5.02. The van der Waals surface area contributed by atoms with Gasteiger partial charge in [0.25, 0.3) is 5.91 Å². The van der Waals surface area contributed by atoms with E-state index in [2.05, 4.69) is 58.4 Å². The van der Waals surface area contributed by atoms with Crippen LogP contribution < -0.4 is 10.6 Å². The number of amides is 2. The summed E-state index contributed by atoms with van der Waals surface area (Å²) in [5, 5.41) is 7.79. The fourth-order valence-corrected chi connectivity index (χ4v) is 6.09. The topological polar surface area (TPSA) is 79.3 Å². The van der Waals surface area contributed by atoms with Crippen LogP contribution in [0.1, 0.15) is 80.0 Å². The molecule has 1 atom stereocenters. The SMILES string of the molecule is CCC(CC)n1c(Cc2cccs2)nc2cc(C(=O)NCC(=O)NCCCN3CCCC(C)C3)ccc21. The highest BCUT2D eigenvalue weighted by molar-refractivity contribution is 7.09. The molecule has 200 valence electrons. The number of hydrogen-bond acceptors (Lipinski definition) is 5. The molecule has 2 aromatic heterocycles. The zero-order chi connectivity index (χ0) is 26.2. The molecule has 2 N–H and O–H groups in total. The van der Waals surface area contributed by atoms with Gasteiger partial charge >= 0.3 is 0 Å². The third kappa shape index (κ3) is 7.20. The summed E-state index contributed by atoms with van der Waals surface area (Å²) in [4.78, 5) is 33.8. The highest BCUT2D eigenvalue weighted by Crippen LogP contribution is 2.28. The van der Waals surface area contributed by atoms with Crippen molar-refractivity contribution >= 4 is 34.2 Å². The maximum Gasteiger partial charge on any atom is 0.251 e. The first kappa shape index (κ1) is 27.3. The van der Waals surface area contributed by atoms with Gasteiger partial charge in [-0.05, 0) is 80.8 Å². The Morgan fingerprint density at radius 2 is 2.03 bits per heavy atom. The van der Waals surface area contributed by atoms with Crippen LogP contribution in [-0.4, -0.2) is 59.0 Å². The molecule has 1 unspecified atom stereocenters. The van der Waals surface area contributed by atoms with Gasteiger partial charge in [-0.2, -0.15) is 0 Å². The van der Waals surface area contributed by atoms with Gasteiger partial charge in [-0.15, -0.1) is 11.3 Å². The number of piperidine rings is 1. The summed E-state index contributed by atoms with van der Waals surface area (Å²) in [7, 11) is 0. The summed E-state index contributed by atoms with van der Waals surface area (Å²) >= 11 is 1.74. The fraction of sp³-hybridized carbons (Fsp3) is 0.552. The lowest BCUT2D eigenvalue weighted by molar-refractivity contribution is -0.120. The van der Waals surface area contributed by atoms with Crippen LogP contribution in [0.15, 0.2) is 35.7 Å². The third-order valence-electron chi connectivity index (χ3n) is 7.37. The molecule has 1 fully saturated rings. The summed E-state index contributed by atoms with van der Waals surface area (Å²) in [5.74, 6) is 1.38. The van der Waals surface area contributed by atoms with E-state index in [0.29, 0.717) is 18.2 Å². The molecule has 7 nitrogen and oxygen atoms in total. The molecule has 0 saturated carbocycles. The van der Waals surface area contributed by atoms with Gasteiger partial charge in [0.05, 0.1) is 17.6 Å². The van der Waals surface area contributed by atoms with Crippen molar-refractivity contribution in [3.05, 3.63) is 52.0 Å². The molecule has 0 bridgehead atoms. The second-order valence-electron chi connectivity index (χ2n) is 10.3. The third-order valence-corrected chi connectivity index (χ3v) is 8.25. The van der Waals surface area contributed by atoms with Gasteiger partial charge in [0, 0.05) is 36.0 Å². The van der Waals surface area contributed by atoms with E-state index in [1.165, 1.54) is 17.7 Å². The molecular formula is C29H41N5O2S. The molecule has 3 heterocycles. The van der Waals surface area contributed by atoms with E-state index in [1.54, 1.807) is 11.3 Å². The zero-order valence-electron chi connectivity index (χ0n) is 22.5. The Bertz CT molecular complexity index is 1170. The second-order valence-corrected chi connectivity index (χ2v) is 11.3. The number of likely N-dealkylation sites (tertiary alicyclic amines) is 1. The van der Waals surface area contributed by atoms with Gasteiger partial charge in [-0.1, -0.05) is 26.8 Å². The van der Waals surface area contributed by atoms with Crippen molar-refractivity contribution in [2.45, 2.75) is 65.3 Å². The van der Waals surface area contributed by atoms with E-state index >= 15 is 0 Å². The first-order valence-electron chi connectivity index (χ1n) is 13.8. The Balaban J connectivity index is 1.33. The van der Waals surface area contributed by atoms with Gasteiger partial charge in [-0.25, -0.2) is 4.98 Å². The van der Waals surface area contributed by atoms with Crippen molar-refractivity contribution in [1.29, 1.82) is 0 Å². The number of aromatic nitrogens is 2. The molecule has 1 aliphatic rings. The average molecular weight is 524 g/mol. The number of carbonyl (C=O) groups excluding carboxylic acids is 2. The van der Waals surface area contributed by atoms with Crippen molar-refractivity contribution in [3.8, 4) is 0 Å². The summed E-state index contributed by atoms with van der Waals surface area (Å²) in [6, 6.07) is 10.2. The number of fused-ring (bicyclic) bond motifs is 1. The van der Waals surface area contributed by atoms with Gasteiger partial charge in [0.15, 0.2) is 0 Å². The summed E-state index contributed by atoms with van der Waals surface area (Å²) < 4.78 is 2.34. The quantitative estimate of drug-likeness (QED) is 0.327. The molecule has 1 aromatic carbocycles. The molecule has 1 saturated heterocycles. The lowest BCUT2D eigenvalue weighted by atomic mass is 10.0. The number of thiophene rings is 1. The molecule has 4 rings (SSSR count). The molecule has 0 aliphatic carbocycles. The van der Waals surface area contributed by atoms with E-state index in [4.69, 9.17) is 4.98 Å². The minimum absolute atomic E-state index is 0.0244. The number of carbonyl (C=O) groups is 2. The van der Waals surface area contributed by atoms with Crippen LogP contribution in [0.3, 0.4) is 0 Å². The Kier molecular flexibility index (Phi) is 9.75. The maximum atomic E-state index is 12.8. The van der Waals surface area contributed by atoms with Crippen molar-refractivity contribution < 1.29 is 9.59 Å². The maximum absolute atomic E-state index is 12.8. The number of imidazole rings is 1. The number of benzene rings is 1. The summed E-state index contributed by atoms with van der Waals surface area (Å²) in [5.41, 5.74) is 2.40. The normalized spacial score (nSPS) is 16.4. The molecule has 2 amide bonds. The number of hydrogen-bond donors (Lipinski definition) is 2. The Hall–Kier alpha value is -2.71. The molecule has 0 radical (unpaired) electrons. The smallest absolute Gasteiger partial charge is 0.251 e. The lowest BCUT2D eigenvalue weighted by Crippen LogP contribution is -2.39. The average Bonchev–Trinajstić information content (AvgIpc) is 3.54. The summed E-state index contributed by atoms with van der Waals surface area (Å²) in [6.07, 6.45) is 6.33. The predicted molar refractivity (Wildman–Crippen MR) is 151 cm³/mol. The number of rotatable bonds is 12. The van der Waals surface area contributed by atoms with Gasteiger partial charge in [-0.3, -0.25) is 9.59 Å². The molecular weight excluding hydrogens is 482 g/mol. The highest BCUT2D eigenvalue weighted by Gasteiger charge is 2.19. The Morgan fingerprint density at radius 1 is 1.19 bits per heavy atom. The van der Waals surface area contributed by atoms with Crippen molar-refractivity contribution in [2.75, 3.05) is 32.7 Å². The van der Waals surface area contributed by atoms with Crippen molar-refractivity contribution in [1.82, 2.24) is 25.1 Å². The van der Waals surface area contributed by atoms with Crippen LogP contribution in [0.4, 0.5) is 0 Å². The van der Waals surface area contributed by atoms with Gasteiger partial charge in [0.1, 0.15) is 5.82 Å². The van der Waals surface area contributed by atoms with Crippen LogP contribution in [0.25, 0.3) is 11.0 Å². The number of nitrogens with zero attached hydrogens (tertiary/aromatic N) is 3. The molecule has 3 aromatic rings. The van der Waals surface area contributed by atoms with Crippen LogP contribution >= 0.6 is 11.3 Å². The molecule has 37 heavy (non-hydrogen) atoms. The van der Waals surface area contributed by atoms with Crippen LogP contribution in [-0.2, 0) is 11.2 Å². The van der Waals surface area contributed by atoms with Gasteiger partial charge < -0.3 is 20.1 Å². The largest absolute Gasteiger partial charge is 0.355 e. The Morgan fingerprint density at radius 3 is 2.76 bits per heavy atom. The highest BCUT2D eigenvalue weighted by atomic mass is 32.1. The van der Waals surface area contributed by atoms with Crippen molar-refractivity contribution in [2.24, 2.45) is 5.92 Å². The van der Waals surface area contributed by atoms with Crippen LogP contribution in [0.5, 0.6) is 0 Å².